The highest BCUT2D eigenvalue weighted by Gasteiger charge is 2.33. The van der Waals surface area contributed by atoms with E-state index in [9.17, 15) is 9.18 Å². The van der Waals surface area contributed by atoms with Crippen LogP contribution in [0.25, 0.3) is 6.08 Å². The van der Waals surface area contributed by atoms with Crippen molar-refractivity contribution < 1.29 is 28.1 Å². The molecule has 166 valence electrons. The lowest BCUT2D eigenvalue weighted by Crippen LogP contribution is -2.32. The zero-order valence-corrected chi connectivity index (χ0v) is 17.9. The number of allylic oxidation sites excluding steroid dienone is 1. The Labute approximate surface area is 189 Å². The third-order valence-corrected chi connectivity index (χ3v) is 6.02. The molecule has 0 aromatic heterocycles. The molecule has 0 amide bonds. The van der Waals surface area contributed by atoms with Crippen LogP contribution in [0.2, 0.25) is 0 Å². The Morgan fingerprint density at radius 3 is 2.67 bits per heavy atom. The number of ketones is 1. The summed E-state index contributed by atoms with van der Waals surface area (Å²) < 4.78 is 36.0. The Balaban J connectivity index is 1.27. The first-order valence-corrected chi connectivity index (χ1v) is 10.6. The third kappa shape index (κ3) is 3.50. The number of carbonyl (C=O) groups is 1. The number of hydrogen-bond donors (Lipinski definition) is 0. The summed E-state index contributed by atoms with van der Waals surface area (Å²) in [5.41, 5.74) is 4.06. The first kappa shape index (κ1) is 19.8. The highest BCUT2D eigenvalue weighted by Crippen LogP contribution is 2.43. The second-order valence-electron chi connectivity index (χ2n) is 8.31. The topological polar surface area (TPSA) is 57.2 Å². The van der Waals surface area contributed by atoms with Crippen LogP contribution in [0.15, 0.2) is 54.3 Å². The Morgan fingerprint density at radius 2 is 1.82 bits per heavy atom. The SMILES string of the molecule is Cc1c2c(cc3c1O/C(=C\c1ccc4c(c1)OCO4)C3=O)CN(Cc1ccc(F)cc1)CO2. The first-order valence-electron chi connectivity index (χ1n) is 10.6. The van der Waals surface area contributed by atoms with Gasteiger partial charge in [0.05, 0.1) is 5.56 Å². The molecule has 0 N–H and O–H groups in total. The van der Waals surface area contributed by atoms with Crippen LogP contribution < -0.4 is 18.9 Å². The summed E-state index contributed by atoms with van der Waals surface area (Å²) in [5.74, 6) is 2.47. The van der Waals surface area contributed by atoms with Gasteiger partial charge in [0.25, 0.3) is 0 Å². The number of carbonyl (C=O) groups excluding carboxylic acids is 1. The number of benzene rings is 3. The zero-order chi connectivity index (χ0) is 22.5. The van der Waals surface area contributed by atoms with E-state index in [0.29, 0.717) is 42.6 Å². The van der Waals surface area contributed by atoms with Gasteiger partial charge in [-0.3, -0.25) is 9.69 Å². The Morgan fingerprint density at radius 1 is 1.00 bits per heavy atom. The lowest BCUT2D eigenvalue weighted by Gasteiger charge is -2.30. The molecule has 0 atom stereocenters. The molecule has 3 heterocycles. The number of nitrogens with zero attached hydrogens (tertiary/aromatic N) is 1. The van der Waals surface area contributed by atoms with Crippen LogP contribution >= 0.6 is 0 Å². The Hall–Kier alpha value is -3.84. The molecule has 3 aromatic rings. The lowest BCUT2D eigenvalue weighted by atomic mass is 9.99. The molecule has 3 aliphatic heterocycles. The lowest BCUT2D eigenvalue weighted by molar-refractivity contribution is 0.0876. The van der Waals surface area contributed by atoms with Gasteiger partial charge in [0.15, 0.2) is 17.3 Å². The molecule has 0 radical (unpaired) electrons. The number of fused-ring (bicyclic) bond motifs is 3. The van der Waals surface area contributed by atoms with Crippen molar-refractivity contribution in [1.82, 2.24) is 4.90 Å². The summed E-state index contributed by atoms with van der Waals surface area (Å²) in [4.78, 5) is 15.2. The number of hydrogen-bond acceptors (Lipinski definition) is 6. The quantitative estimate of drug-likeness (QED) is 0.539. The highest BCUT2D eigenvalue weighted by molar-refractivity contribution is 6.15. The van der Waals surface area contributed by atoms with Crippen LogP contribution in [0, 0.1) is 12.7 Å². The molecule has 0 bridgehead atoms. The van der Waals surface area contributed by atoms with Crippen LogP contribution in [-0.4, -0.2) is 24.2 Å². The average Bonchev–Trinajstić information content (AvgIpc) is 3.40. The molecule has 0 unspecified atom stereocenters. The van der Waals surface area contributed by atoms with Crippen molar-refractivity contribution in [3.63, 3.8) is 0 Å². The van der Waals surface area contributed by atoms with Crippen molar-refractivity contribution >= 4 is 11.9 Å². The van der Waals surface area contributed by atoms with Crippen molar-refractivity contribution in [3.05, 3.63) is 87.9 Å². The minimum absolute atomic E-state index is 0.163. The summed E-state index contributed by atoms with van der Waals surface area (Å²) in [6.07, 6.45) is 1.71. The predicted octanol–water partition coefficient (Wildman–Crippen LogP) is 4.83. The Kier molecular flexibility index (Phi) is 4.58. The van der Waals surface area contributed by atoms with Gasteiger partial charge in [-0.2, -0.15) is 0 Å². The van der Waals surface area contributed by atoms with E-state index in [1.807, 2.05) is 31.2 Å². The van der Waals surface area contributed by atoms with Crippen LogP contribution in [0.1, 0.15) is 32.6 Å². The molecule has 6 nitrogen and oxygen atoms in total. The molecule has 0 saturated heterocycles. The van der Waals surface area contributed by atoms with Gasteiger partial charge < -0.3 is 18.9 Å². The molecular weight excluding hydrogens is 425 g/mol. The number of halogens is 1. The smallest absolute Gasteiger partial charge is 0.231 e. The van der Waals surface area contributed by atoms with E-state index in [-0.39, 0.29) is 24.2 Å². The molecule has 0 fully saturated rings. The van der Waals surface area contributed by atoms with Crippen molar-refractivity contribution in [2.45, 2.75) is 20.0 Å². The maximum Gasteiger partial charge on any atom is 0.231 e. The zero-order valence-electron chi connectivity index (χ0n) is 17.9. The van der Waals surface area contributed by atoms with Gasteiger partial charge >= 0.3 is 0 Å². The summed E-state index contributed by atoms with van der Waals surface area (Å²) in [6.45, 7) is 3.74. The maximum atomic E-state index is 13.2. The van der Waals surface area contributed by atoms with Crippen LogP contribution in [-0.2, 0) is 13.1 Å². The van der Waals surface area contributed by atoms with Gasteiger partial charge in [0.2, 0.25) is 12.6 Å². The average molecular weight is 445 g/mol. The fourth-order valence-corrected chi connectivity index (χ4v) is 4.40. The standard InChI is InChI=1S/C26H20FNO5/c1-15-25-18(12-28(13-30-25)11-16-2-5-19(27)6-3-16)10-20-24(29)23(33-26(15)20)9-17-4-7-21-22(8-17)32-14-31-21/h2-10H,11-14H2,1H3/b23-9-. The molecule has 7 heteroatoms. The number of Topliss-reactive ketones (excluding diaryl/α,β-unsaturated/α-hetero) is 1. The molecule has 33 heavy (non-hydrogen) atoms. The van der Waals surface area contributed by atoms with Crippen molar-refractivity contribution in [1.29, 1.82) is 0 Å². The summed E-state index contributed by atoms with van der Waals surface area (Å²) in [6, 6.07) is 13.8. The minimum atomic E-state index is -0.256. The van der Waals surface area contributed by atoms with Crippen LogP contribution in [0.5, 0.6) is 23.0 Å². The van der Waals surface area contributed by atoms with E-state index in [4.69, 9.17) is 18.9 Å². The van der Waals surface area contributed by atoms with E-state index >= 15 is 0 Å². The van der Waals surface area contributed by atoms with E-state index in [0.717, 1.165) is 28.0 Å². The third-order valence-electron chi connectivity index (χ3n) is 6.02. The predicted molar refractivity (Wildman–Crippen MR) is 118 cm³/mol. The van der Waals surface area contributed by atoms with E-state index in [1.54, 1.807) is 18.2 Å². The first-order chi connectivity index (χ1) is 16.0. The van der Waals surface area contributed by atoms with E-state index in [2.05, 4.69) is 4.90 Å². The fraction of sp³-hybridized carbons (Fsp3) is 0.192. The van der Waals surface area contributed by atoms with E-state index in [1.165, 1.54) is 12.1 Å². The number of ether oxygens (including phenoxy) is 4. The molecule has 3 aliphatic rings. The van der Waals surface area contributed by atoms with Gasteiger partial charge in [-0.25, -0.2) is 4.39 Å². The van der Waals surface area contributed by atoms with Gasteiger partial charge in [-0.05, 0) is 54.5 Å². The molecular formula is C26H20FNO5. The summed E-state index contributed by atoms with van der Waals surface area (Å²) >= 11 is 0. The van der Waals surface area contributed by atoms with Crippen molar-refractivity contribution in [3.8, 4) is 23.0 Å². The molecule has 6 rings (SSSR count). The van der Waals surface area contributed by atoms with Crippen LogP contribution in [0.4, 0.5) is 4.39 Å². The normalized spacial score (nSPS) is 17.5. The van der Waals surface area contributed by atoms with Gasteiger partial charge in [-0.1, -0.05) is 18.2 Å². The maximum absolute atomic E-state index is 13.2. The highest BCUT2D eigenvalue weighted by atomic mass is 19.1. The minimum Gasteiger partial charge on any atom is -0.477 e. The van der Waals surface area contributed by atoms with Crippen LogP contribution in [0.3, 0.4) is 0 Å². The van der Waals surface area contributed by atoms with Gasteiger partial charge in [0.1, 0.15) is 24.0 Å². The molecule has 3 aromatic carbocycles. The fourth-order valence-electron chi connectivity index (χ4n) is 4.40. The number of rotatable bonds is 3. The largest absolute Gasteiger partial charge is 0.477 e. The van der Waals surface area contributed by atoms with Crippen molar-refractivity contribution in [2.24, 2.45) is 0 Å². The second kappa shape index (κ2) is 7.64. The molecule has 0 aliphatic carbocycles. The summed E-state index contributed by atoms with van der Waals surface area (Å²) in [5, 5.41) is 0. The van der Waals surface area contributed by atoms with Gasteiger partial charge in [0, 0.05) is 24.2 Å². The molecule has 0 spiro atoms. The molecule has 0 saturated carbocycles. The van der Waals surface area contributed by atoms with Gasteiger partial charge in [-0.15, -0.1) is 0 Å². The van der Waals surface area contributed by atoms with E-state index < -0.39 is 0 Å². The monoisotopic (exact) mass is 445 g/mol. The second-order valence-corrected chi connectivity index (χ2v) is 8.31. The summed E-state index contributed by atoms with van der Waals surface area (Å²) in [7, 11) is 0. The Bertz CT molecular complexity index is 1320. The van der Waals surface area contributed by atoms with Crippen molar-refractivity contribution in [2.75, 3.05) is 13.5 Å².